The summed E-state index contributed by atoms with van der Waals surface area (Å²) in [6.07, 6.45) is 2.94. The van der Waals surface area contributed by atoms with Gasteiger partial charge >= 0.3 is 0 Å². The van der Waals surface area contributed by atoms with E-state index < -0.39 is 0 Å². The van der Waals surface area contributed by atoms with E-state index in [4.69, 9.17) is 10.2 Å². The minimum Gasteiger partial charge on any atom is -0.455 e. The van der Waals surface area contributed by atoms with Crippen molar-refractivity contribution in [3.05, 3.63) is 211 Å². The largest absolute Gasteiger partial charge is 0.455 e. The van der Waals surface area contributed by atoms with Gasteiger partial charge in [0.05, 0.1) is 27.5 Å². The predicted molar refractivity (Wildman–Crippen MR) is 236 cm³/mol. The van der Waals surface area contributed by atoms with E-state index in [1.165, 1.54) is 49.5 Å². The van der Waals surface area contributed by atoms with Crippen molar-refractivity contribution < 1.29 is 4.42 Å². The SMILES string of the molecule is Cc1cccc(-n2c3ccccc3c3c2ccc2c4c5oc6ccccc6c5ccc4n(-c4ccccc4)c23)c1.N/C(=C\Cc1ccccc1)c1ccccc1. The molecule has 0 aliphatic heterocycles. The van der Waals surface area contributed by atoms with E-state index in [0.29, 0.717) is 0 Å². The Balaban J connectivity index is 0.000000202. The number of hydrogen-bond donors (Lipinski definition) is 1. The Morgan fingerprint density at radius 1 is 0.518 bits per heavy atom. The first-order valence-corrected chi connectivity index (χ1v) is 19.1. The number of furan rings is 1. The van der Waals surface area contributed by atoms with Gasteiger partial charge in [0.25, 0.3) is 0 Å². The number of nitrogens with zero attached hydrogens (tertiary/aromatic N) is 2. The molecule has 4 heteroatoms. The molecule has 2 N–H and O–H groups in total. The second-order valence-corrected chi connectivity index (χ2v) is 14.4. The molecule has 268 valence electrons. The average Bonchev–Trinajstić information content (AvgIpc) is 3.92. The van der Waals surface area contributed by atoms with Gasteiger partial charge in [-0.2, -0.15) is 0 Å². The Morgan fingerprint density at radius 2 is 1.14 bits per heavy atom. The fraction of sp³-hybridized carbons (Fsp3) is 0.0385. The van der Waals surface area contributed by atoms with E-state index in [1.54, 1.807) is 0 Å². The topological polar surface area (TPSA) is 49.0 Å². The lowest BCUT2D eigenvalue weighted by atomic mass is 10.1. The van der Waals surface area contributed by atoms with Crippen molar-refractivity contribution in [1.29, 1.82) is 0 Å². The van der Waals surface area contributed by atoms with Gasteiger partial charge < -0.3 is 19.3 Å². The van der Waals surface area contributed by atoms with E-state index in [1.807, 2.05) is 54.6 Å². The fourth-order valence-corrected chi connectivity index (χ4v) is 8.30. The van der Waals surface area contributed by atoms with Gasteiger partial charge in [-0.15, -0.1) is 0 Å². The van der Waals surface area contributed by atoms with Gasteiger partial charge in [0.2, 0.25) is 0 Å². The molecule has 3 aromatic heterocycles. The quantitative estimate of drug-likeness (QED) is 0.192. The Bertz CT molecular complexity index is 3220. The summed E-state index contributed by atoms with van der Waals surface area (Å²) in [7, 11) is 0. The minimum absolute atomic E-state index is 0.837. The average molecular weight is 722 g/mol. The second-order valence-electron chi connectivity index (χ2n) is 14.4. The summed E-state index contributed by atoms with van der Waals surface area (Å²) >= 11 is 0. The highest BCUT2D eigenvalue weighted by atomic mass is 16.3. The molecule has 0 fully saturated rings. The van der Waals surface area contributed by atoms with Crippen molar-refractivity contribution >= 4 is 71.2 Å². The van der Waals surface area contributed by atoms with Crippen molar-refractivity contribution in [2.75, 3.05) is 0 Å². The molecular formula is C52H39N3O. The number of hydrogen-bond acceptors (Lipinski definition) is 2. The summed E-state index contributed by atoms with van der Waals surface area (Å²) < 4.78 is 11.4. The van der Waals surface area contributed by atoms with Crippen LogP contribution in [0.5, 0.6) is 0 Å². The van der Waals surface area contributed by atoms with E-state index >= 15 is 0 Å². The predicted octanol–water partition coefficient (Wildman–Crippen LogP) is 13.3. The molecule has 8 aromatic carbocycles. The summed E-state index contributed by atoms with van der Waals surface area (Å²) in [6, 6.07) is 66.0. The smallest absolute Gasteiger partial charge is 0.145 e. The van der Waals surface area contributed by atoms with Gasteiger partial charge in [0.1, 0.15) is 11.2 Å². The number of para-hydroxylation sites is 3. The molecule has 0 spiro atoms. The lowest BCUT2D eigenvalue weighted by Gasteiger charge is -2.10. The standard InChI is InChI=1S/C37H24N2O.C15H15N/c1-23-10-9-13-25(22-23)38-30-16-7-5-15-28(30)34-31(38)21-19-29-35-32(39(36(29)34)24-11-3-2-4-12-24)20-18-27-26-14-6-8-17-33(26)40-37(27)35;16-15(14-9-5-2-6-10-14)12-11-13-7-3-1-4-8-13/h2-22H,1H3;1-10,12H,11,16H2/b;15-12-. The van der Waals surface area contributed by atoms with Crippen LogP contribution in [-0.2, 0) is 6.42 Å². The Hall–Kier alpha value is -7.30. The first kappa shape index (κ1) is 33.3. The van der Waals surface area contributed by atoms with Crippen molar-refractivity contribution in [3.63, 3.8) is 0 Å². The van der Waals surface area contributed by atoms with E-state index in [2.05, 4.69) is 156 Å². The van der Waals surface area contributed by atoms with Crippen LogP contribution < -0.4 is 5.73 Å². The summed E-state index contributed by atoms with van der Waals surface area (Å²) in [5.41, 5.74) is 19.4. The molecule has 4 nitrogen and oxygen atoms in total. The summed E-state index contributed by atoms with van der Waals surface area (Å²) in [4.78, 5) is 0. The van der Waals surface area contributed by atoms with Crippen LogP contribution in [0.15, 0.2) is 199 Å². The van der Waals surface area contributed by atoms with Gasteiger partial charge in [-0.25, -0.2) is 0 Å². The van der Waals surface area contributed by atoms with Crippen LogP contribution in [0.25, 0.3) is 82.6 Å². The number of aromatic nitrogens is 2. The van der Waals surface area contributed by atoms with E-state index in [-0.39, 0.29) is 0 Å². The molecule has 0 saturated carbocycles. The lowest BCUT2D eigenvalue weighted by Crippen LogP contribution is -1.96. The summed E-state index contributed by atoms with van der Waals surface area (Å²) in [6.45, 7) is 2.15. The first-order chi connectivity index (χ1) is 27.6. The van der Waals surface area contributed by atoms with Crippen molar-refractivity contribution in [3.8, 4) is 11.4 Å². The number of benzene rings is 8. The van der Waals surface area contributed by atoms with Crippen LogP contribution in [0.4, 0.5) is 0 Å². The molecule has 0 amide bonds. The minimum atomic E-state index is 0.837. The van der Waals surface area contributed by atoms with Gasteiger partial charge in [-0.05, 0) is 90.7 Å². The Morgan fingerprint density at radius 3 is 1.91 bits per heavy atom. The van der Waals surface area contributed by atoms with Crippen LogP contribution in [0.2, 0.25) is 0 Å². The molecule has 11 rings (SSSR count). The van der Waals surface area contributed by atoms with Crippen LogP contribution >= 0.6 is 0 Å². The fourth-order valence-electron chi connectivity index (χ4n) is 8.30. The van der Waals surface area contributed by atoms with Crippen LogP contribution in [0, 0.1) is 6.92 Å². The number of fused-ring (bicyclic) bond motifs is 11. The molecule has 0 saturated heterocycles. The van der Waals surface area contributed by atoms with E-state index in [9.17, 15) is 0 Å². The monoisotopic (exact) mass is 721 g/mol. The molecule has 11 aromatic rings. The zero-order valence-corrected chi connectivity index (χ0v) is 31.1. The van der Waals surface area contributed by atoms with Crippen LogP contribution in [0.1, 0.15) is 16.7 Å². The van der Waals surface area contributed by atoms with Gasteiger partial charge in [0.15, 0.2) is 0 Å². The molecule has 0 unspecified atom stereocenters. The third-order valence-electron chi connectivity index (χ3n) is 10.9. The molecule has 0 bridgehead atoms. The molecule has 56 heavy (non-hydrogen) atoms. The number of allylic oxidation sites excluding steroid dienone is 1. The second kappa shape index (κ2) is 13.8. The third kappa shape index (κ3) is 5.62. The number of nitrogens with two attached hydrogens (primary N) is 1. The third-order valence-corrected chi connectivity index (χ3v) is 10.9. The van der Waals surface area contributed by atoms with Crippen LogP contribution in [0.3, 0.4) is 0 Å². The van der Waals surface area contributed by atoms with Gasteiger partial charge in [-0.1, -0.05) is 133 Å². The molecule has 0 radical (unpaired) electrons. The Labute approximate surface area is 324 Å². The van der Waals surface area contributed by atoms with Crippen LogP contribution in [-0.4, -0.2) is 9.13 Å². The van der Waals surface area contributed by atoms with E-state index in [0.717, 1.165) is 56.2 Å². The summed E-state index contributed by atoms with van der Waals surface area (Å²) in [5, 5.41) is 7.14. The molecule has 0 atom stereocenters. The van der Waals surface area contributed by atoms with Gasteiger partial charge in [-0.3, -0.25) is 0 Å². The lowest BCUT2D eigenvalue weighted by molar-refractivity contribution is 0.673. The Kier molecular flexibility index (Phi) is 8.23. The normalized spacial score (nSPS) is 11.9. The molecular weight excluding hydrogens is 683 g/mol. The molecule has 3 heterocycles. The summed E-state index contributed by atoms with van der Waals surface area (Å²) in [5.74, 6) is 0. The number of rotatable bonds is 5. The van der Waals surface area contributed by atoms with Crippen molar-refractivity contribution in [1.82, 2.24) is 9.13 Å². The maximum Gasteiger partial charge on any atom is 0.145 e. The zero-order chi connectivity index (χ0) is 37.6. The van der Waals surface area contributed by atoms with Crippen molar-refractivity contribution in [2.45, 2.75) is 13.3 Å². The highest BCUT2D eigenvalue weighted by Gasteiger charge is 2.23. The highest BCUT2D eigenvalue weighted by molar-refractivity contribution is 6.30. The highest BCUT2D eigenvalue weighted by Crippen LogP contribution is 2.45. The number of aryl methyl sites for hydroxylation is 1. The molecule has 0 aliphatic rings. The maximum absolute atomic E-state index is 6.59. The van der Waals surface area contributed by atoms with Gasteiger partial charge in [0, 0.05) is 44.0 Å². The van der Waals surface area contributed by atoms with Crippen molar-refractivity contribution in [2.24, 2.45) is 5.73 Å². The zero-order valence-electron chi connectivity index (χ0n) is 31.1. The molecule has 0 aliphatic carbocycles. The first-order valence-electron chi connectivity index (χ1n) is 19.1. The maximum atomic E-state index is 6.59.